The summed E-state index contributed by atoms with van der Waals surface area (Å²) in [5, 5.41) is 0. The van der Waals surface area contributed by atoms with Crippen LogP contribution in [0, 0.1) is 0 Å². The summed E-state index contributed by atoms with van der Waals surface area (Å²) in [5.74, 6) is 0. The molecule has 0 nitrogen and oxygen atoms in total. The minimum Gasteiger partial charge on any atom is -0.0949 e. The van der Waals surface area contributed by atoms with Crippen molar-refractivity contribution in [1.82, 2.24) is 0 Å². The molecule has 12 heavy (non-hydrogen) atoms. The van der Waals surface area contributed by atoms with Gasteiger partial charge in [0.25, 0.3) is 0 Å². The van der Waals surface area contributed by atoms with Crippen LogP contribution in [0.5, 0.6) is 0 Å². The van der Waals surface area contributed by atoms with Gasteiger partial charge in [-0.1, -0.05) is 42.5 Å². The van der Waals surface area contributed by atoms with Crippen molar-refractivity contribution in [2.75, 3.05) is 0 Å². The van der Waals surface area contributed by atoms with Gasteiger partial charge in [0, 0.05) is 0 Å². The van der Waals surface area contributed by atoms with Gasteiger partial charge in [-0.05, 0) is 30.0 Å². The summed E-state index contributed by atoms with van der Waals surface area (Å²) < 4.78 is 0. The van der Waals surface area contributed by atoms with E-state index in [0.29, 0.717) is 0 Å². The number of allylic oxidation sites excluding steroid dienone is 2. The summed E-state index contributed by atoms with van der Waals surface area (Å²) in [6.07, 6.45) is 3.26. The van der Waals surface area contributed by atoms with E-state index in [1.54, 1.807) is 0 Å². The van der Waals surface area contributed by atoms with E-state index >= 15 is 0 Å². The van der Waals surface area contributed by atoms with Crippen LogP contribution in [0.2, 0.25) is 0 Å². The van der Waals surface area contributed by atoms with E-state index in [1.165, 1.54) is 22.3 Å². The smallest absolute Gasteiger partial charge is 0.00663 e. The lowest BCUT2D eigenvalue weighted by molar-refractivity contribution is 1.22. The highest BCUT2D eigenvalue weighted by molar-refractivity contribution is 5.79. The van der Waals surface area contributed by atoms with Crippen LogP contribution in [0.15, 0.2) is 36.4 Å². The Kier molecular flexibility index (Phi) is 1.61. The maximum absolute atomic E-state index is 4.07. The van der Waals surface area contributed by atoms with Crippen LogP contribution >= 0.6 is 0 Å². The quantitative estimate of drug-likeness (QED) is 0.539. The molecule has 60 valence electrons. The average molecular weight is 156 g/mol. The zero-order valence-corrected chi connectivity index (χ0v) is 7.30. The van der Waals surface area contributed by atoms with Gasteiger partial charge >= 0.3 is 0 Å². The fourth-order valence-electron chi connectivity index (χ4n) is 1.69. The standard InChI is InChI=1S/C12H12/c1-9-7-10(2)12-6-4-3-5-11(12)8-9/h3-6,8H,2,7H2,1H3. The van der Waals surface area contributed by atoms with Crippen LogP contribution in [-0.2, 0) is 0 Å². The zero-order chi connectivity index (χ0) is 8.55. The second kappa shape index (κ2) is 2.63. The highest BCUT2D eigenvalue weighted by Gasteiger charge is 2.09. The van der Waals surface area contributed by atoms with E-state index in [0.717, 1.165) is 6.42 Å². The molecule has 0 bridgehead atoms. The topological polar surface area (TPSA) is 0 Å². The van der Waals surface area contributed by atoms with Gasteiger partial charge in [-0.2, -0.15) is 0 Å². The number of hydrogen-bond donors (Lipinski definition) is 0. The molecule has 0 fully saturated rings. The number of fused-ring (bicyclic) bond motifs is 1. The second-order valence-electron chi connectivity index (χ2n) is 3.36. The molecule has 0 radical (unpaired) electrons. The van der Waals surface area contributed by atoms with Crippen molar-refractivity contribution in [3.63, 3.8) is 0 Å². The molecule has 0 amide bonds. The van der Waals surface area contributed by atoms with Gasteiger partial charge in [0.1, 0.15) is 0 Å². The third kappa shape index (κ3) is 1.10. The lowest BCUT2D eigenvalue weighted by Gasteiger charge is -2.15. The number of benzene rings is 1. The number of hydrogen-bond acceptors (Lipinski definition) is 0. The highest BCUT2D eigenvalue weighted by atomic mass is 14.1. The molecule has 0 N–H and O–H groups in total. The summed E-state index contributed by atoms with van der Waals surface area (Å²) in [4.78, 5) is 0. The molecule has 0 unspecified atom stereocenters. The summed E-state index contributed by atoms with van der Waals surface area (Å²) in [6.45, 7) is 6.22. The van der Waals surface area contributed by atoms with Crippen LogP contribution in [0.4, 0.5) is 0 Å². The third-order valence-corrected chi connectivity index (χ3v) is 2.24. The van der Waals surface area contributed by atoms with E-state index in [4.69, 9.17) is 0 Å². The van der Waals surface area contributed by atoms with E-state index in [-0.39, 0.29) is 0 Å². The molecule has 0 aromatic heterocycles. The Labute approximate surface area is 73.2 Å². The number of rotatable bonds is 0. The van der Waals surface area contributed by atoms with Crippen molar-refractivity contribution in [3.05, 3.63) is 47.5 Å². The van der Waals surface area contributed by atoms with Crippen molar-refractivity contribution in [2.45, 2.75) is 13.3 Å². The molecule has 2 rings (SSSR count). The molecule has 1 aliphatic rings. The monoisotopic (exact) mass is 156 g/mol. The predicted octanol–water partition coefficient (Wildman–Crippen LogP) is 3.51. The molecular formula is C12H12. The lowest BCUT2D eigenvalue weighted by atomic mass is 9.89. The van der Waals surface area contributed by atoms with Gasteiger partial charge < -0.3 is 0 Å². The molecule has 0 saturated heterocycles. The Bertz CT molecular complexity index is 356. The van der Waals surface area contributed by atoms with Gasteiger partial charge in [-0.15, -0.1) is 0 Å². The predicted molar refractivity (Wildman–Crippen MR) is 53.7 cm³/mol. The minimum absolute atomic E-state index is 1.02. The first-order chi connectivity index (χ1) is 5.77. The van der Waals surface area contributed by atoms with E-state index in [2.05, 4.69) is 43.8 Å². The molecule has 0 heteroatoms. The van der Waals surface area contributed by atoms with Crippen LogP contribution in [-0.4, -0.2) is 0 Å². The first-order valence-corrected chi connectivity index (χ1v) is 4.22. The van der Waals surface area contributed by atoms with Crippen molar-refractivity contribution >= 4 is 11.6 Å². The van der Waals surface area contributed by atoms with Gasteiger partial charge in [0.05, 0.1) is 0 Å². The summed E-state index contributed by atoms with van der Waals surface area (Å²) in [5.41, 5.74) is 5.26. The highest BCUT2D eigenvalue weighted by Crippen LogP contribution is 2.30. The molecule has 0 atom stereocenters. The average Bonchev–Trinajstić information content (AvgIpc) is 2.04. The van der Waals surface area contributed by atoms with Crippen molar-refractivity contribution in [1.29, 1.82) is 0 Å². The fraction of sp³-hybridized carbons (Fsp3) is 0.167. The largest absolute Gasteiger partial charge is 0.0949 e. The molecule has 1 aromatic carbocycles. The Morgan fingerprint density at radius 3 is 2.83 bits per heavy atom. The lowest BCUT2D eigenvalue weighted by Crippen LogP contribution is -1.94. The zero-order valence-electron chi connectivity index (χ0n) is 7.30. The Morgan fingerprint density at radius 2 is 2.00 bits per heavy atom. The Balaban J connectivity index is 2.62. The van der Waals surface area contributed by atoms with Crippen molar-refractivity contribution < 1.29 is 0 Å². The van der Waals surface area contributed by atoms with Crippen LogP contribution in [0.3, 0.4) is 0 Å². The van der Waals surface area contributed by atoms with Crippen LogP contribution in [0.1, 0.15) is 24.5 Å². The first-order valence-electron chi connectivity index (χ1n) is 4.22. The normalized spacial score (nSPS) is 15.4. The van der Waals surface area contributed by atoms with Gasteiger partial charge in [0.2, 0.25) is 0 Å². The Morgan fingerprint density at radius 1 is 1.25 bits per heavy atom. The Hall–Kier alpha value is -1.30. The van der Waals surface area contributed by atoms with Crippen LogP contribution in [0.25, 0.3) is 11.6 Å². The molecule has 0 aliphatic heterocycles. The van der Waals surface area contributed by atoms with Crippen molar-refractivity contribution in [3.8, 4) is 0 Å². The molecule has 1 aliphatic carbocycles. The SMILES string of the molecule is C=C1CC(C)=Cc2ccccc21. The maximum Gasteiger partial charge on any atom is -0.00663 e. The van der Waals surface area contributed by atoms with Gasteiger partial charge in [0.15, 0.2) is 0 Å². The van der Waals surface area contributed by atoms with Crippen molar-refractivity contribution in [2.24, 2.45) is 0 Å². The second-order valence-corrected chi connectivity index (χ2v) is 3.36. The first kappa shape index (κ1) is 7.35. The van der Waals surface area contributed by atoms with Gasteiger partial charge in [-0.25, -0.2) is 0 Å². The molecular weight excluding hydrogens is 144 g/mol. The minimum atomic E-state index is 1.02. The third-order valence-electron chi connectivity index (χ3n) is 2.24. The molecule has 1 aromatic rings. The molecule has 0 saturated carbocycles. The molecule has 0 heterocycles. The van der Waals surface area contributed by atoms with E-state index < -0.39 is 0 Å². The van der Waals surface area contributed by atoms with Gasteiger partial charge in [-0.3, -0.25) is 0 Å². The summed E-state index contributed by atoms with van der Waals surface area (Å²) in [6, 6.07) is 8.42. The summed E-state index contributed by atoms with van der Waals surface area (Å²) in [7, 11) is 0. The van der Waals surface area contributed by atoms with E-state index in [9.17, 15) is 0 Å². The summed E-state index contributed by atoms with van der Waals surface area (Å²) >= 11 is 0. The van der Waals surface area contributed by atoms with E-state index in [1.807, 2.05) is 0 Å². The molecule has 0 spiro atoms. The maximum atomic E-state index is 4.07. The van der Waals surface area contributed by atoms with Crippen LogP contribution < -0.4 is 0 Å². The fourth-order valence-corrected chi connectivity index (χ4v) is 1.69.